The standard InChI is InChI=1S/C51H32N4O/c1-3-13-34(14-4-1)49-52-50(35-15-5-2-6-16-35)54-51(53-49)38-18-11-17-36(31-38)33-25-28-39(29-26-33)55-45-23-9-7-19-41(45)44-32-37(27-30-46(44)55)40-21-12-22-43-42-20-8-10-24-47(42)56-48(40)43/h1-32H. The predicted molar refractivity (Wildman–Crippen MR) is 229 cm³/mol. The summed E-state index contributed by atoms with van der Waals surface area (Å²) in [5.41, 5.74) is 12.5. The van der Waals surface area contributed by atoms with Crippen molar-refractivity contribution in [3.63, 3.8) is 0 Å². The van der Waals surface area contributed by atoms with E-state index in [1.54, 1.807) is 0 Å². The van der Waals surface area contributed by atoms with E-state index in [2.05, 4.69) is 126 Å². The molecule has 0 atom stereocenters. The third-order valence-corrected chi connectivity index (χ3v) is 10.7. The zero-order chi connectivity index (χ0) is 37.0. The minimum atomic E-state index is 0.636. The molecule has 56 heavy (non-hydrogen) atoms. The van der Waals surface area contributed by atoms with Crippen LogP contribution in [0.2, 0.25) is 0 Å². The van der Waals surface area contributed by atoms with Gasteiger partial charge in [-0.15, -0.1) is 0 Å². The van der Waals surface area contributed by atoms with E-state index in [0.29, 0.717) is 17.5 Å². The van der Waals surface area contributed by atoms with E-state index >= 15 is 0 Å². The van der Waals surface area contributed by atoms with Crippen molar-refractivity contribution in [1.29, 1.82) is 0 Å². The number of hydrogen-bond donors (Lipinski definition) is 0. The topological polar surface area (TPSA) is 56.7 Å². The van der Waals surface area contributed by atoms with Gasteiger partial charge in [-0.05, 0) is 59.2 Å². The Morgan fingerprint density at radius 2 is 0.893 bits per heavy atom. The highest BCUT2D eigenvalue weighted by Crippen LogP contribution is 2.39. The predicted octanol–water partition coefficient (Wildman–Crippen LogP) is 13.2. The first-order valence-corrected chi connectivity index (χ1v) is 18.8. The Bertz CT molecular complexity index is 3180. The highest BCUT2D eigenvalue weighted by atomic mass is 16.3. The number of furan rings is 1. The Morgan fingerprint density at radius 1 is 0.339 bits per heavy atom. The largest absolute Gasteiger partial charge is 0.455 e. The minimum absolute atomic E-state index is 0.636. The van der Waals surface area contributed by atoms with Gasteiger partial charge in [-0.1, -0.05) is 152 Å². The molecule has 262 valence electrons. The fourth-order valence-electron chi connectivity index (χ4n) is 7.97. The van der Waals surface area contributed by atoms with Crippen molar-refractivity contribution in [3.05, 3.63) is 194 Å². The second-order valence-corrected chi connectivity index (χ2v) is 14.0. The quantitative estimate of drug-likeness (QED) is 0.172. The van der Waals surface area contributed by atoms with Gasteiger partial charge in [0.1, 0.15) is 11.2 Å². The summed E-state index contributed by atoms with van der Waals surface area (Å²) in [4.78, 5) is 14.8. The Balaban J connectivity index is 0.975. The Kier molecular flexibility index (Phi) is 7.42. The van der Waals surface area contributed by atoms with E-state index in [9.17, 15) is 0 Å². The van der Waals surface area contributed by atoms with Crippen molar-refractivity contribution < 1.29 is 4.42 Å². The number of aromatic nitrogens is 4. The van der Waals surface area contributed by atoms with Crippen molar-refractivity contribution in [2.24, 2.45) is 0 Å². The number of rotatable bonds is 6. The first-order chi connectivity index (χ1) is 27.7. The maximum atomic E-state index is 6.42. The van der Waals surface area contributed by atoms with Gasteiger partial charge in [0.05, 0.1) is 11.0 Å². The maximum absolute atomic E-state index is 6.42. The molecule has 0 spiro atoms. The van der Waals surface area contributed by atoms with Crippen LogP contribution in [-0.4, -0.2) is 19.5 Å². The van der Waals surface area contributed by atoms with Crippen LogP contribution in [0.25, 0.3) is 106 Å². The van der Waals surface area contributed by atoms with Crippen LogP contribution in [-0.2, 0) is 0 Å². The van der Waals surface area contributed by atoms with Crippen molar-refractivity contribution in [3.8, 4) is 62.1 Å². The van der Waals surface area contributed by atoms with Crippen LogP contribution >= 0.6 is 0 Å². The summed E-state index contributed by atoms with van der Waals surface area (Å²) >= 11 is 0. The second-order valence-electron chi connectivity index (χ2n) is 14.0. The Hall–Kier alpha value is -7.63. The van der Waals surface area contributed by atoms with Crippen LogP contribution in [0.3, 0.4) is 0 Å². The Labute approximate surface area is 322 Å². The third kappa shape index (κ3) is 5.37. The molecule has 0 fully saturated rings. The van der Waals surface area contributed by atoms with E-state index in [4.69, 9.17) is 19.4 Å². The molecule has 0 amide bonds. The molecule has 3 aromatic heterocycles. The molecule has 5 heteroatoms. The van der Waals surface area contributed by atoms with E-state index in [1.165, 1.54) is 10.8 Å². The summed E-state index contributed by atoms with van der Waals surface area (Å²) in [5.74, 6) is 1.93. The zero-order valence-corrected chi connectivity index (χ0v) is 30.2. The molecule has 3 heterocycles. The first-order valence-electron chi connectivity index (χ1n) is 18.8. The van der Waals surface area contributed by atoms with Gasteiger partial charge in [0.2, 0.25) is 0 Å². The first kappa shape index (κ1) is 31.9. The van der Waals surface area contributed by atoms with Gasteiger partial charge in [0.25, 0.3) is 0 Å². The summed E-state index contributed by atoms with van der Waals surface area (Å²) in [6.07, 6.45) is 0. The van der Waals surface area contributed by atoms with Gasteiger partial charge in [0, 0.05) is 49.5 Å². The molecule has 0 unspecified atom stereocenters. The summed E-state index contributed by atoms with van der Waals surface area (Å²) in [6, 6.07) is 67.5. The van der Waals surface area contributed by atoms with Gasteiger partial charge in [-0.25, -0.2) is 15.0 Å². The average Bonchev–Trinajstić information content (AvgIpc) is 3.83. The van der Waals surface area contributed by atoms with Crippen LogP contribution in [0.1, 0.15) is 0 Å². The van der Waals surface area contributed by atoms with Gasteiger partial charge < -0.3 is 8.98 Å². The molecule has 0 aliphatic heterocycles. The molecule has 0 aliphatic rings. The lowest BCUT2D eigenvalue weighted by atomic mass is 10.0. The normalized spacial score (nSPS) is 11.6. The highest BCUT2D eigenvalue weighted by molar-refractivity contribution is 6.13. The summed E-state index contributed by atoms with van der Waals surface area (Å²) in [6.45, 7) is 0. The molecular weight excluding hydrogens is 685 g/mol. The SMILES string of the molecule is c1ccc(-c2nc(-c3ccccc3)nc(-c3cccc(-c4ccc(-n5c6ccccc6c6cc(-c7cccc8c7oc7ccccc78)ccc65)cc4)c3)n2)cc1. The fourth-order valence-corrected chi connectivity index (χ4v) is 7.97. The molecular formula is C51H32N4O. The molecule has 0 saturated heterocycles. The summed E-state index contributed by atoms with van der Waals surface area (Å²) in [5, 5.41) is 4.68. The van der Waals surface area contributed by atoms with Crippen molar-refractivity contribution in [2.45, 2.75) is 0 Å². The van der Waals surface area contributed by atoms with Gasteiger partial charge in [-0.2, -0.15) is 0 Å². The molecule has 0 bridgehead atoms. The smallest absolute Gasteiger partial charge is 0.164 e. The molecule has 5 nitrogen and oxygen atoms in total. The lowest BCUT2D eigenvalue weighted by molar-refractivity contribution is 0.670. The minimum Gasteiger partial charge on any atom is -0.455 e. The molecule has 0 aliphatic carbocycles. The van der Waals surface area contributed by atoms with Crippen molar-refractivity contribution in [1.82, 2.24) is 19.5 Å². The molecule has 8 aromatic carbocycles. The van der Waals surface area contributed by atoms with Crippen LogP contribution < -0.4 is 0 Å². The lowest BCUT2D eigenvalue weighted by Crippen LogP contribution is -2.00. The lowest BCUT2D eigenvalue weighted by Gasteiger charge is -2.11. The highest BCUT2D eigenvalue weighted by Gasteiger charge is 2.17. The summed E-state index contributed by atoms with van der Waals surface area (Å²) < 4.78 is 8.78. The van der Waals surface area contributed by atoms with Gasteiger partial charge >= 0.3 is 0 Å². The van der Waals surface area contributed by atoms with Crippen molar-refractivity contribution >= 4 is 43.7 Å². The van der Waals surface area contributed by atoms with Gasteiger partial charge in [-0.3, -0.25) is 0 Å². The van der Waals surface area contributed by atoms with Crippen molar-refractivity contribution in [2.75, 3.05) is 0 Å². The zero-order valence-electron chi connectivity index (χ0n) is 30.2. The van der Waals surface area contributed by atoms with E-state index in [0.717, 1.165) is 77.6 Å². The fraction of sp³-hybridized carbons (Fsp3) is 0. The van der Waals surface area contributed by atoms with Gasteiger partial charge in [0.15, 0.2) is 17.5 Å². The van der Waals surface area contributed by atoms with Crippen LogP contribution in [0, 0.1) is 0 Å². The summed E-state index contributed by atoms with van der Waals surface area (Å²) in [7, 11) is 0. The average molecular weight is 717 g/mol. The van der Waals surface area contributed by atoms with E-state index in [1.807, 2.05) is 72.8 Å². The molecule has 11 aromatic rings. The third-order valence-electron chi connectivity index (χ3n) is 10.7. The van der Waals surface area contributed by atoms with E-state index < -0.39 is 0 Å². The number of benzene rings is 8. The number of fused-ring (bicyclic) bond motifs is 6. The number of para-hydroxylation sites is 3. The van der Waals surface area contributed by atoms with Crippen LogP contribution in [0.4, 0.5) is 0 Å². The number of hydrogen-bond acceptors (Lipinski definition) is 4. The molecule has 11 rings (SSSR count). The maximum Gasteiger partial charge on any atom is 0.164 e. The van der Waals surface area contributed by atoms with Crippen LogP contribution in [0.5, 0.6) is 0 Å². The number of nitrogens with zero attached hydrogens (tertiary/aromatic N) is 4. The Morgan fingerprint density at radius 3 is 1.64 bits per heavy atom. The van der Waals surface area contributed by atoms with E-state index in [-0.39, 0.29) is 0 Å². The molecule has 0 radical (unpaired) electrons. The molecule has 0 N–H and O–H groups in total. The monoisotopic (exact) mass is 716 g/mol. The second kappa shape index (κ2) is 13.0. The molecule has 0 saturated carbocycles. The van der Waals surface area contributed by atoms with Crippen LogP contribution in [0.15, 0.2) is 199 Å².